The molecule has 19 heavy (non-hydrogen) atoms. The number of Topliss-reactive ketones (excluding diaryl/α,β-unsaturated/α-hetero) is 1. The van der Waals surface area contributed by atoms with E-state index >= 15 is 0 Å². The lowest BCUT2D eigenvalue weighted by Gasteiger charge is -2.02. The average Bonchev–Trinajstić information content (AvgIpc) is 2.39. The number of nitro groups is 1. The van der Waals surface area contributed by atoms with E-state index in [0.717, 1.165) is 18.2 Å². The topological polar surface area (TPSA) is 73.1 Å². The molecule has 1 heterocycles. The predicted octanol–water partition coefficient (Wildman–Crippen LogP) is 2.55. The monoisotopic (exact) mass is 260 g/mol. The maximum atomic E-state index is 13.6. The molecule has 0 unspecified atom stereocenters. The first-order valence-corrected chi connectivity index (χ1v) is 5.45. The van der Waals surface area contributed by atoms with Gasteiger partial charge in [-0.3, -0.25) is 19.9 Å². The molecule has 0 spiro atoms. The number of aromatic nitrogens is 1. The van der Waals surface area contributed by atoms with Gasteiger partial charge in [0, 0.05) is 18.0 Å². The molecule has 0 amide bonds. The summed E-state index contributed by atoms with van der Waals surface area (Å²) in [4.78, 5) is 25.6. The van der Waals surface area contributed by atoms with Crippen LogP contribution in [0.1, 0.15) is 16.1 Å². The lowest BCUT2D eigenvalue weighted by atomic mass is 10.1. The zero-order valence-electron chi connectivity index (χ0n) is 9.75. The van der Waals surface area contributed by atoms with Crippen molar-refractivity contribution < 1.29 is 14.1 Å². The smallest absolute Gasteiger partial charge is 0.272 e. The molecule has 2 aromatic rings. The molecule has 0 aliphatic rings. The van der Waals surface area contributed by atoms with E-state index in [1.807, 2.05) is 0 Å². The van der Waals surface area contributed by atoms with Crippen molar-refractivity contribution in [2.75, 3.05) is 0 Å². The van der Waals surface area contributed by atoms with Gasteiger partial charge in [0.1, 0.15) is 5.82 Å². The molecule has 1 aromatic heterocycles. The van der Waals surface area contributed by atoms with Crippen molar-refractivity contribution in [2.45, 2.75) is 6.42 Å². The molecule has 0 aliphatic carbocycles. The number of non-ortho nitro benzene ring substituents is 1. The fourth-order valence-corrected chi connectivity index (χ4v) is 1.61. The summed E-state index contributed by atoms with van der Waals surface area (Å²) >= 11 is 0. The number of hydrogen-bond acceptors (Lipinski definition) is 4. The standard InChI is InChI=1S/C13H9FN2O3/c14-12-8-10(16(18)19)4-5-11(12)13(17)7-9-3-1-2-6-15-9/h1-6,8H,7H2. The van der Waals surface area contributed by atoms with E-state index in [0.29, 0.717) is 5.69 Å². The van der Waals surface area contributed by atoms with Gasteiger partial charge in [0.05, 0.1) is 23.0 Å². The van der Waals surface area contributed by atoms with Crippen LogP contribution < -0.4 is 0 Å². The molecule has 0 saturated carbocycles. The van der Waals surface area contributed by atoms with Gasteiger partial charge in [-0.2, -0.15) is 0 Å². The first-order chi connectivity index (χ1) is 9.08. The highest BCUT2D eigenvalue weighted by molar-refractivity contribution is 5.97. The minimum absolute atomic E-state index is 0.0461. The number of rotatable bonds is 4. The summed E-state index contributed by atoms with van der Waals surface area (Å²) in [5, 5.41) is 10.5. The molecule has 5 nitrogen and oxygen atoms in total. The number of benzene rings is 1. The Hall–Kier alpha value is -2.63. The number of halogens is 1. The largest absolute Gasteiger partial charge is 0.294 e. The average molecular weight is 260 g/mol. The van der Waals surface area contributed by atoms with Crippen LogP contribution in [0.25, 0.3) is 0 Å². The van der Waals surface area contributed by atoms with Gasteiger partial charge >= 0.3 is 0 Å². The van der Waals surface area contributed by atoms with Gasteiger partial charge in [-0.05, 0) is 18.2 Å². The second-order valence-electron chi connectivity index (χ2n) is 3.84. The van der Waals surface area contributed by atoms with Crippen molar-refractivity contribution in [1.29, 1.82) is 0 Å². The molecule has 2 rings (SSSR count). The minimum atomic E-state index is -0.893. The number of ketones is 1. The molecular formula is C13H9FN2O3. The summed E-state index contributed by atoms with van der Waals surface area (Å²) < 4.78 is 13.6. The second-order valence-corrected chi connectivity index (χ2v) is 3.84. The molecular weight excluding hydrogens is 251 g/mol. The molecule has 1 aromatic carbocycles. The number of carbonyl (C=O) groups is 1. The van der Waals surface area contributed by atoms with Crippen LogP contribution in [-0.2, 0) is 6.42 Å². The molecule has 0 radical (unpaired) electrons. The quantitative estimate of drug-likeness (QED) is 0.481. The molecule has 6 heteroatoms. The summed E-state index contributed by atoms with van der Waals surface area (Å²) in [7, 11) is 0. The maximum absolute atomic E-state index is 13.6. The van der Waals surface area contributed by atoms with Crippen LogP contribution in [0.3, 0.4) is 0 Å². The second kappa shape index (κ2) is 5.34. The van der Waals surface area contributed by atoms with Gasteiger partial charge < -0.3 is 0 Å². The number of carbonyl (C=O) groups excluding carboxylic acids is 1. The van der Waals surface area contributed by atoms with E-state index in [4.69, 9.17) is 0 Å². The first-order valence-electron chi connectivity index (χ1n) is 5.45. The van der Waals surface area contributed by atoms with Crippen molar-refractivity contribution in [1.82, 2.24) is 4.98 Å². The Morgan fingerprint density at radius 1 is 1.32 bits per heavy atom. The van der Waals surface area contributed by atoms with E-state index in [-0.39, 0.29) is 17.7 Å². The van der Waals surface area contributed by atoms with E-state index in [1.54, 1.807) is 18.2 Å². The summed E-state index contributed by atoms with van der Waals surface area (Å²) in [5.41, 5.74) is -0.0339. The highest BCUT2D eigenvalue weighted by atomic mass is 19.1. The van der Waals surface area contributed by atoms with Crippen molar-refractivity contribution in [3.63, 3.8) is 0 Å². The number of hydrogen-bond donors (Lipinski definition) is 0. The van der Waals surface area contributed by atoms with Crippen LogP contribution in [0.15, 0.2) is 42.6 Å². The van der Waals surface area contributed by atoms with Crippen molar-refractivity contribution in [3.8, 4) is 0 Å². The third kappa shape index (κ3) is 2.98. The third-order valence-electron chi connectivity index (χ3n) is 2.53. The normalized spacial score (nSPS) is 10.2. The number of nitrogens with zero attached hydrogens (tertiary/aromatic N) is 2. The third-order valence-corrected chi connectivity index (χ3v) is 2.53. The Bertz CT molecular complexity index is 629. The zero-order chi connectivity index (χ0) is 13.8. The van der Waals surface area contributed by atoms with Gasteiger partial charge in [0.15, 0.2) is 5.78 Å². The molecule has 0 aliphatic heterocycles. The van der Waals surface area contributed by atoms with E-state index in [9.17, 15) is 19.3 Å². The Morgan fingerprint density at radius 3 is 2.68 bits per heavy atom. The van der Waals surface area contributed by atoms with E-state index in [2.05, 4.69) is 4.98 Å². The van der Waals surface area contributed by atoms with Crippen LogP contribution >= 0.6 is 0 Å². The van der Waals surface area contributed by atoms with E-state index < -0.39 is 16.5 Å². The van der Waals surface area contributed by atoms with Gasteiger partial charge in [-0.15, -0.1) is 0 Å². The fraction of sp³-hybridized carbons (Fsp3) is 0.0769. The number of pyridine rings is 1. The van der Waals surface area contributed by atoms with Gasteiger partial charge in [-0.1, -0.05) is 6.07 Å². The fourth-order valence-electron chi connectivity index (χ4n) is 1.61. The molecule has 96 valence electrons. The summed E-state index contributed by atoms with van der Waals surface area (Å²) in [6.45, 7) is 0. The highest BCUT2D eigenvalue weighted by Gasteiger charge is 2.16. The number of nitro benzene ring substituents is 1. The summed E-state index contributed by atoms with van der Waals surface area (Å²) in [5.74, 6) is -1.36. The minimum Gasteiger partial charge on any atom is -0.294 e. The lowest BCUT2D eigenvalue weighted by molar-refractivity contribution is -0.385. The Morgan fingerprint density at radius 2 is 2.11 bits per heavy atom. The Balaban J connectivity index is 2.22. The molecule has 0 saturated heterocycles. The molecule has 0 atom stereocenters. The SMILES string of the molecule is O=C(Cc1ccccn1)c1ccc([N+](=O)[O-])cc1F. The zero-order valence-corrected chi connectivity index (χ0v) is 9.75. The van der Waals surface area contributed by atoms with Crippen LogP contribution in [-0.4, -0.2) is 15.7 Å². The Labute approximate surface area is 107 Å². The Kier molecular flexibility index (Phi) is 3.61. The van der Waals surface area contributed by atoms with Gasteiger partial charge in [0.2, 0.25) is 0 Å². The maximum Gasteiger partial charge on any atom is 0.272 e. The first kappa shape index (κ1) is 12.8. The molecule has 0 bridgehead atoms. The van der Waals surface area contributed by atoms with Crippen molar-refractivity contribution >= 4 is 11.5 Å². The molecule has 0 N–H and O–H groups in total. The van der Waals surface area contributed by atoms with Crippen molar-refractivity contribution in [2.24, 2.45) is 0 Å². The predicted molar refractivity (Wildman–Crippen MR) is 65.3 cm³/mol. The van der Waals surface area contributed by atoms with Gasteiger partial charge in [-0.25, -0.2) is 4.39 Å². The summed E-state index contributed by atoms with van der Waals surface area (Å²) in [6.07, 6.45) is 1.49. The highest BCUT2D eigenvalue weighted by Crippen LogP contribution is 2.17. The van der Waals surface area contributed by atoms with Crippen LogP contribution in [0.2, 0.25) is 0 Å². The van der Waals surface area contributed by atoms with Gasteiger partial charge in [0.25, 0.3) is 5.69 Å². The van der Waals surface area contributed by atoms with Crippen LogP contribution in [0, 0.1) is 15.9 Å². The summed E-state index contributed by atoms with van der Waals surface area (Å²) in [6, 6.07) is 8.06. The molecule has 0 fully saturated rings. The van der Waals surface area contributed by atoms with E-state index in [1.165, 1.54) is 6.20 Å². The lowest BCUT2D eigenvalue weighted by Crippen LogP contribution is -2.07. The van der Waals surface area contributed by atoms with Crippen molar-refractivity contribution in [3.05, 3.63) is 69.8 Å². The van der Waals surface area contributed by atoms with Crippen LogP contribution in [0.4, 0.5) is 10.1 Å². The van der Waals surface area contributed by atoms with Crippen LogP contribution in [0.5, 0.6) is 0 Å².